The molecule has 3 rings (SSSR count). The first-order valence-corrected chi connectivity index (χ1v) is 7.47. The van der Waals surface area contributed by atoms with E-state index in [0.717, 1.165) is 36.8 Å². The number of benzene rings is 1. The van der Waals surface area contributed by atoms with Crippen LogP contribution in [0, 0.1) is 0 Å². The molecule has 0 atom stereocenters. The van der Waals surface area contributed by atoms with Gasteiger partial charge in [0.2, 0.25) is 0 Å². The summed E-state index contributed by atoms with van der Waals surface area (Å²) in [7, 11) is 1.79. The highest BCUT2D eigenvalue weighted by Gasteiger charge is 2.01. The lowest BCUT2D eigenvalue weighted by Crippen LogP contribution is -2.38. The number of rotatable bonds is 5. The number of hydrogen-bond donors (Lipinski definition) is 3. The predicted octanol–water partition coefficient (Wildman–Crippen LogP) is 2.33. The van der Waals surface area contributed by atoms with Gasteiger partial charge >= 0.3 is 0 Å². The minimum atomic E-state index is 0.720. The van der Waals surface area contributed by atoms with Gasteiger partial charge in [0.05, 0.1) is 6.54 Å². The molecule has 2 heterocycles. The van der Waals surface area contributed by atoms with Crippen LogP contribution >= 0.6 is 0 Å². The van der Waals surface area contributed by atoms with Gasteiger partial charge in [0.1, 0.15) is 0 Å². The number of aromatic nitrogens is 2. The normalized spacial score (nSPS) is 11.8. The quantitative estimate of drug-likeness (QED) is 0.500. The Balaban J connectivity index is 1.50. The summed E-state index contributed by atoms with van der Waals surface area (Å²) < 4.78 is 2.14. The van der Waals surface area contributed by atoms with E-state index in [1.165, 1.54) is 5.39 Å². The zero-order chi connectivity index (χ0) is 15.2. The maximum Gasteiger partial charge on any atom is 0.191 e. The molecule has 0 bridgehead atoms. The Labute approximate surface area is 130 Å². The van der Waals surface area contributed by atoms with E-state index in [9.17, 15) is 0 Å². The number of nitrogens with one attached hydrogen (secondary N) is 3. The summed E-state index contributed by atoms with van der Waals surface area (Å²) in [5.41, 5.74) is 2.31. The van der Waals surface area contributed by atoms with Crippen LogP contribution in [-0.4, -0.2) is 29.1 Å². The lowest BCUT2D eigenvalue weighted by Gasteiger charge is -2.11. The van der Waals surface area contributed by atoms with Gasteiger partial charge in [0.25, 0.3) is 0 Å². The van der Waals surface area contributed by atoms with Crippen LogP contribution in [0.1, 0.15) is 5.69 Å². The smallest absolute Gasteiger partial charge is 0.191 e. The van der Waals surface area contributed by atoms with E-state index < -0.39 is 0 Å². The minimum Gasteiger partial charge on any atom is -0.357 e. The largest absolute Gasteiger partial charge is 0.357 e. The molecule has 22 heavy (non-hydrogen) atoms. The van der Waals surface area contributed by atoms with Crippen LogP contribution in [-0.2, 0) is 13.1 Å². The Hall–Kier alpha value is -2.69. The molecule has 0 fully saturated rings. The highest BCUT2D eigenvalue weighted by Crippen LogP contribution is 2.14. The van der Waals surface area contributed by atoms with Crippen molar-refractivity contribution in [3.8, 4) is 0 Å². The number of aliphatic imine (C=N–C) groups is 1. The van der Waals surface area contributed by atoms with E-state index >= 15 is 0 Å². The zero-order valence-corrected chi connectivity index (χ0v) is 12.7. The van der Waals surface area contributed by atoms with E-state index in [-0.39, 0.29) is 0 Å². The molecule has 2 aromatic heterocycles. The van der Waals surface area contributed by atoms with Crippen LogP contribution in [0.3, 0.4) is 0 Å². The molecule has 3 aromatic rings. The van der Waals surface area contributed by atoms with E-state index in [4.69, 9.17) is 0 Å². The van der Waals surface area contributed by atoms with Crippen molar-refractivity contribution in [1.82, 2.24) is 20.2 Å². The van der Waals surface area contributed by atoms with E-state index in [0.29, 0.717) is 0 Å². The van der Waals surface area contributed by atoms with Crippen LogP contribution in [0.2, 0.25) is 0 Å². The molecule has 5 nitrogen and oxygen atoms in total. The molecule has 0 aliphatic carbocycles. The lowest BCUT2D eigenvalue weighted by molar-refractivity contribution is 0.664. The maximum atomic E-state index is 4.25. The van der Waals surface area contributed by atoms with Gasteiger partial charge in [-0.05, 0) is 29.7 Å². The number of H-pyrrole nitrogens is 1. The first-order valence-electron chi connectivity index (χ1n) is 7.47. The van der Waals surface area contributed by atoms with Crippen molar-refractivity contribution in [1.29, 1.82) is 0 Å². The SMILES string of the molecule is CN=C(NCCn1cccc1)NCc1cc2ccccc2[nH]1. The van der Waals surface area contributed by atoms with Gasteiger partial charge in [-0.25, -0.2) is 0 Å². The molecule has 0 aliphatic heterocycles. The molecule has 0 amide bonds. The molecule has 0 unspecified atom stereocenters. The fraction of sp³-hybridized carbons (Fsp3) is 0.235. The van der Waals surface area contributed by atoms with Gasteiger partial charge < -0.3 is 20.2 Å². The molecular weight excluding hydrogens is 274 g/mol. The van der Waals surface area contributed by atoms with Crippen LogP contribution in [0.25, 0.3) is 10.9 Å². The number of fused-ring (bicyclic) bond motifs is 1. The molecule has 0 spiro atoms. The third-order valence-corrected chi connectivity index (χ3v) is 3.58. The highest BCUT2D eigenvalue weighted by molar-refractivity contribution is 5.81. The average molecular weight is 295 g/mol. The zero-order valence-electron chi connectivity index (χ0n) is 12.7. The van der Waals surface area contributed by atoms with E-state index in [1.54, 1.807) is 7.05 Å². The van der Waals surface area contributed by atoms with Crippen LogP contribution in [0.15, 0.2) is 59.9 Å². The molecule has 0 saturated carbocycles. The second kappa shape index (κ2) is 6.85. The molecule has 3 N–H and O–H groups in total. The van der Waals surface area contributed by atoms with Crippen molar-refractivity contribution in [2.24, 2.45) is 4.99 Å². The van der Waals surface area contributed by atoms with Gasteiger partial charge in [0.15, 0.2) is 5.96 Å². The van der Waals surface area contributed by atoms with Gasteiger partial charge in [-0.3, -0.25) is 4.99 Å². The Morgan fingerprint density at radius 2 is 1.95 bits per heavy atom. The number of hydrogen-bond acceptors (Lipinski definition) is 1. The van der Waals surface area contributed by atoms with E-state index in [2.05, 4.69) is 61.8 Å². The maximum absolute atomic E-state index is 4.25. The topological polar surface area (TPSA) is 57.1 Å². The lowest BCUT2D eigenvalue weighted by atomic mass is 10.2. The summed E-state index contributed by atoms with van der Waals surface area (Å²) in [6.07, 6.45) is 4.12. The van der Waals surface area contributed by atoms with Crippen molar-refractivity contribution in [3.05, 3.63) is 60.6 Å². The second-order valence-electron chi connectivity index (χ2n) is 5.16. The van der Waals surface area contributed by atoms with Crippen molar-refractivity contribution in [2.45, 2.75) is 13.1 Å². The molecule has 0 aliphatic rings. The number of guanidine groups is 1. The summed E-state index contributed by atoms with van der Waals surface area (Å²) in [5.74, 6) is 0.811. The summed E-state index contributed by atoms with van der Waals surface area (Å²) in [6.45, 7) is 2.47. The molecule has 1 aromatic carbocycles. The summed E-state index contributed by atoms with van der Waals surface area (Å²) in [5, 5.41) is 7.87. The second-order valence-corrected chi connectivity index (χ2v) is 5.16. The molecule has 0 radical (unpaired) electrons. The molecule has 114 valence electrons. The monoisotopic (exact) mass is 295 g/mol. The van der Waals surface area contributed by atoms with E-state index in [1.807, 2.05) is 18.2 Å². The van der Waals surface area contributed by atoms with Crippen molar-refractivity contribution in [3.63, 3.8) is 0 Å². The van der Waals surface area contributed by atoms with Gasteiger partial charge in [-0.15, -0.1) is 0 Å². The number of aromatic amines is 1. The van der Waals surface area contributed by atoms with Gasteiger partial charge in [0, 0.05) is 43.7 Å². The summed E-state index contributed by atoms with van der Waals surface area (Å²) in [6, 6.07) is 14.5. The van der Waals surface area contributed by atoms with Crippen LogP contribution < -0.4 is 10.6 Å². The van der Waals surface area contributed by atoms with Gasteiger partial charge in [-0.2, -0.15) is 0 Å². The Kier molecular flexibility index (Phi) is 4.44. The van der Waals surface area contributed by atoms with Crippen LogP contribution in [0.4, 0.5) is 0 Å². The average Bonchev–Trinajstić information content (AvgIpc) is 3.19. The van der Waals surface area contributed by atoms with Crippen molar-refractivity contribution < 1.29 is 0 Å². The summed E-state index contributed by atoms with van der Waals surface area (Å²) >= 11 is 0. The Morgan fingerprint density at radius 1 is 1.14 bits per heavy atom. The molecular formula is C17H21N5. The minimum absolute atomic E-state index is 0.720. The third-order valence-electron chi connectivity index (χ3n) is 3.58. The highest BCUT2D eigenvalue weighted by atomic mass is 15.2. The fourth-order valence-electron chi connectivity index (χ4n) is 2.45. The van der Waals surface area contributed by atoms with Crippen molar-refractivity contribution in [2.75, 3.05) is 13.6 Å². The molecule has 0 saturated heterocycles. The first-order chi connectivity index (χ1) is 10.8. The van der Waals surface area contributed by atoms with Crippen molar-refractivity contribution >= 4 is 16.9 Å². The number of nitrogens with zero attached hydrogens (tertiary/aromatic N) is 2. The van der Waals surface area contributed by atoms with Crippen LogP contribution in [0.5, 0.6) is 0 Å². The first kappa shape index (κ1) is 14.3. The Morgan fingerprint density at radius 3 is 2.73 bits per heavy atom. The number of para-hydroxylation sites is 1. The standard InChI is InChI=1S/C17H21N5/c1-18-17(19-8-11-22-9-4-5-10-22)20-13-15-12-14-6-2-3-7-16(14)21-15/h2-7,9-10,12,21H,8,11,13H2,1H3,(H2,18,19,20). The molecule has 5 heteroatoms. The third kappa shape index (κ3) is 3.49. The summed E-state index contributed by atoms with van der Waals surface area (Å²) in [4.78, 5) is 7.65. The van der Waals surface area contributed by atoms with Gasteiger partial charge in [-0.1, -0.05) is 18.2 Å². The Bertz CT molecular complexity index is 706. The predicted molar refractivity (Wildman–Crippen MR) is 90.9 cm³/mol. The fourth-order valence-corrected chi connectivity index (χ4v) is 2.45.